The van der Waals surface area contributed by atoms with E-state index in [2.05, 4.69) is 15.4 Å². The van der Waals surface area contributed by atoms with E-state index in [1.165, 1.54) is 4.90 Å². The molecule has 8 heteroatoms. The maximum Gasteiger partial charge on any atom is 0.316 e. The Morgan fingerprint density at radius 3 is 2.48 bits per heavy atom. The zero-order chi connectivity index (χ0) is 15.9. The van der Waals surface area contributed by atoms with Gasteiger partial charge in [-0.1, -0.05) is 19.1 Å². The van der Waals surface area contributed by atoms with Gasteiger partial charge in [0.05, 0.1) is 5.69 Å². The van der Waals surface area contributed by atoms with Gasteiger partial charge in [-0.05, 0) is 12.1 Å². The van der Waals surface area contributed by atoms with Crippen LogP contribution in [0.4, 0.5) is 10.5 Å². The minimum Gasteiger partial charge on any atom is -0.382 e. The Bertz CT molecular complexity index is 573. The number of anilines is 1. The number of sulfonamides is 1. The molecule has 0 unspecified atom stereocenters. The number of hydrogen-bond acceptors (Lipinski definition) is 4. The van der Waals surface area contributed by atoms with Crippen LogP contribution in [0, 0.1) is 0 Å². The molecule has 0 aliphatic rings. The Morgan fingerprint density at radius 2 is 1.86 bits per heavy atom. The number of carbonyl (C=O) groups is 1. The van der Waals surface area contributed by atoms with E-state index in [1.807, 2.05) is 0 Å². The van der Waals surface area contributed by atoms with Gasteiger partial charge in [0.15, 0.2) is 0 Å². The largest absolute Gasteiger partial charge is 0.382 e. The van der Waals surface area contributed by atoms with Gasteiger partial charge in [-0.15, -0.1) is 0 Å². The van der Waals surface area contributed by atoms with Crippen molar-refractivity contribution >= 4 is 21.7 Å². The average molecular weight is 314 g/mol. The summed E-state index contributed by atoms with van der Waals surface area (Å²) in [6.45, 7) is 2.88. The van der Waals surface area contributed by atoms with E-state index in [0.29, 0.717) is 25.3 Å². The molecule has 0 saturated carbocycles. The Labute approximate surface area is 125 Å². The highest BCUT2D eigenvalue weighted by Gasteiger charge is 2.16. The van der Waals surface area contributed by atoms with Crippen molar-refractivity contribution in [1.29, 1.82) is 0 Å². The third-order valence-corrected chi connectivity index (χ3v) is 4.24. The van der Waals surface area contributed by atoms with Gasteiger partial charge in [0.25, 0.3) is 0 Å². The van der Waals surface area contributed by atoms with E-state index in [4.69, 9.17) is 0 Å². The maximum absolute atomic E-state index is 12.1. The summed E-state index contributed by atoms with van der Waals surface area (Å²) in [4.78, 5) is 13.0. The number of nitrogens with zero attached hydrogens (tertiary/aromatic N) is 1. The monoisotopic (exact) mass is 314 g/mol. The lowest BCUT2D eigenvalue weighted by molar-refractivity contribution is 0.218. The first-order valence-corrected chi connectivity index (χ1v) is 8.14. The van der Waals surface area contributed by atoms with E-state index >= 15 is 0 Å². The number of nitrogens with one attached hydrogen (secondary N) is 3. The van der Waals surface area contributed by atoms with Gasteiger partial charge in [-0.2, -0.15) is 0 Å². The summed E-state index contributed by atoms with van der Waals surface area (Å²) in [7, 11) is -0.208. The van der Waals surface area contributed by atoms with Gasteiger partial charge in [-0.3, -0.25) is 0 Å². The molecule has 0 atom stereocenters. The lowest BCUT2D eigenvalue weighted by Crippen LogP contribution is -2.37. The summed E-state index contributed by atoms with van der Waals surface area (Å²) in [6, 6.07) is 6.47. The number of hydrogen-bond donors (Lipinski definition) is 3. The van der Waals surface area contributed by atoms with Crippen LogP contribution >= 0.6 is 0 Å². The number of amides is 2. The number of para-hydroxylation sites is 1. The smallest absolute Gasteiger partial charge is 0.316 e. The van der Waals surface area contributed by atoms with Crippen LogP contribution in [0.5, 0.6) is 0 Å². The summed E-state index contributed by atoms with van der Waals surface area (Å²) in [5.41, 5.74) is 0.512. The maximum atomic E-state index is 12.1. The molecule has 0 bridgehead atoms. The fourth-order valence-electron chi connectivity index (χ4n) is 1.64. The minimum atomic E-state index is -3.52. The van der Waals surface area contributed by atoms with Crippen LogP contribution in [0.25, 0.3) is 0 Å². The Kier molecular flexibility index (Phi) is 6.44. The van der Waals surface area contributed by atoms with Crippen molar-refractivity contribution in [3.63, 3.8) is 0 Å². The third-order valence-electron chi connectivity index (χ3n) is 2.63. The molecule has 1 aromatic carbocycles. The van der Waals surface area contributed by atoms with Gasteiger partial charge in [0.2, 0.25) is 10.0 Å². The van der Waals surface area contributed by atoms with Crippen LogP contribution in [0.3, 0.4) is 0 Å². The van der Waals surface area contributed by atoms with Gasteiger partial charge >= 0.3 is 6.03 Å². The minimum absolute atomic E-state index is 0.189. The molecule has 2 amide bonds. The molecular weight excluding hydrogens is 292 g/mol. The molecule has 0 aliphatic carbocycles. The average Bonchev–Trinajstić information content (AvgIpc) is 2.43. The topological polar surface area (TPSA) is 90.5 Å². The predicted octanol–water partition coefficient (Wildman–Crippen LogP) is 0.668. The highest BCUT2D eigenvalue weighted by atomic mass is 32.2. The zero-order valence-electron chi connectivity index (χ0n) is 12.5. The van der Waals surface area contributed by atoms with Crippen molar-refractivity contribution < 1.29 is 13.2 Å². The van der Waals surface area contributed by atoms with Crippen LogP contribution in [0.1, 0.15) is 6.92 Å². The van der Waals surface area contributed by atoms with Gasteiger partial charge in [0, 0.05) is 33.7 Å². The van der Waals surface area contributed by atoms with Crippen LogP contribution in [-0.2, 0) is 10.0 Å². The molecule has 7 nitrogen and oxygen atoms in total. The lowest BCUT2D eigenvalue weighted by atomic mass is 10.3. The molecule has 0 aliphatic heterocycles. The van der Waals surface area contributed by atoms with E-state index in [1.54, 1.807) is 45.3 Å². The molecule has 1 rings (SSSR count). The summed E-state index contributed by atoms with van der Waals surface area (Å²) >= 11 is 0. The second kappa shape index (κ2) is 7.84. The number of benzene rings is 1. The molecule has 0 heterocycles. The van der Waals surface area contributed by atoms with E-state index in [-0.39, 0.29) is 10.9 Å². The van der Waals surface area contributed by atoms with Crippen LogP contribution in [0.2, 0.25) is 0 Å². The fourth-order valence-corrected chi connectivity index (χ4v) is 2.86. The molecule has 0 fully saturated rings. The molecular formula is C13H22N4O3S. The highest BCUT2D eigenvalue weighted by molar-refractivity contribution is 7.89. The van der Waals surface area contributed by atoms with Crippen molar-refractivity contribution in [2.24, 2.45) is 0 Å². The molecule has 21 heavy (non-hydrogen) atoms. The Morgan fingerprint density at radius 1 is 1.19 bits per heavy atom. The third kappa shape index (κ3) is 5.24. The van der Waals surface area contributed by atoms with Crippen molar-refractivity contribution in [3.05, 3.63) is 24.3 Å². The van der Waals surface area contributed by atoms with E-state index < -0.39 is 10.0 Å². The Balaban J connectivity index is 2.66. The molecule has 118 valence electrons. The first-order valence-electron chi connectivity index (χ1n) is 6.66. The SMILES string of the molecule is CCNS(=O)(=O)c1ccccc1NCCNC(=O)N(C)C. The second-order valence-corrected chi connectivity index (χ2v) is 6.29. The molecule has 0 spiro atoms. The normalized spacial score (nSPS) is 11.0. The van der Waals surface area contributed by atoms with Crippen LogP contribution in [-0.4, -0.2) is 53.1 Å². The quantitative estimate of drug-likeness (QED) is 0.645. The van der Waals surface area contributed by atoms with E-state index in [9.17, 15) is 13.2 Å². The lowest BCUT2D eigenvalue weighted by Gasteiger charge is -2.14. The standard InChI is InChI=1S/C13H22N4O3S/c1-4-16-21(19,20)12-8-6-5-7-11(12)14-9-10-15-13(18)17(2)3/h5-8,14,16H,4,9-10H2,1-3H3,(H,15,18). The summed E-state index contributed by atoms with van der Waals surface area (Å²) < 4.78 is 26.6. The van der Waals surface area contributed by atoms with Crippen LogP contribution < -0.4 is 15.4 Å². The van der Waals surface area contributed by atoms with Gasteiger partial charge < -0.3 is 15.5 Å². The zero-order valence-corrected chi connectivity index (χ0v) is 13.3. The fraction of sp³-hybridized carbons (Fsp3) is 0.462. The van der Waals surface area contributed by atoms with Crippen molar-refractivity contribution in [1.82, 2.24) is 14.9 Å². The molecule has 1 aromatic rings. The first-order chi connectivity index (χ1) is 9.88. The second-order valence-electron chi connectivity index (χ2n) is 4.55. The number of carbonyl (C=O) groups excluding carboxylic acids is 1. The predicted molar refractivity (Wildman–Crippen MR) is 82.9 cm³/mol. The Hall–Kier alpha value is -1.80. The van der Waals surface area contributed by atoms with Gasteiger partial charge in [-0.25, -0.2) is 17.9 Å². The number of rotatable bonds is 7. The molecule has 0 aromatic heterocycles. The van der Waals surface area contributed by atoms with Crippen molar-refractivity contribution in [3.8, 4) is 0 Å². The van der Waals surface area contributed by atoms with Crippen molar-refractivity contribution in [2.45, 2.75) is 11.8 Å². The van der Waals surface area contributed by atoms with Crippen molar-refractivity contribution in [2.75, 3.05) is 39.0 Å². The molecule has 3 N–H and O–H groups in total. The summed E-state index contributed by atoms with van der Waals surface area (Å²) in [5, 5.41) is 5.71. The summed E-state index contributed by atoms with van der Waals surface area (Å²) in [5.74, 6) is 0. The summed E-state index contributed by atoms with van der Waals surface area (Å²) in [6.07, 6.45) is 0. The molecule has 0 radical (unpaired) electrons. The van der Waals surface area contributed by atoms with Crippen LogP contribution in [0.15, 0.2) is 29.2 Å². The first kappa shape index (κ1) is 17.3. The number of urea groups is 1. The van der Waals surface area contributed by atoms with E-state index in [0.717, 1.165) is 0 Å². The highest BCUT2D eigenvalue weighted by Crippen LogP contribution is 2.19. The van der Waals surface area contributed by atoms with Gasteiger partial charge in [0.1, 0.15) is 4.90 Å². The molecule has 0 saturated heterocycles.